The van der Waals surface area contributed by atoms with Gasteiger partial charge in [0.05, 0.1) is 0 Å². The smallest absolute Gasteiger partial charge is 0.0356 e. The molecule has 0 aromatic heterocycles. The van der Waals surface area contributed by atoms with E-state index in [1.165, 1.54) is 0 Å². The van der Waals surface area contributed by atoms with Crippen LogP contribution in [0.5, 0.6) is 0 Å². The zero-order chi connectivity index (χ0) is 25.2. The number of nitrogens with two attached hydrogens (primary N) is 1. The molecule has 2 aromatic carbocycles. The molecule has 0 atom stereocenters. The van der Waals surface area contributed by atoms with E-state index < -0.39 is 0 Å². The Balaban J connectivity index is -0.0000000510. The fraction of sp³-hybridized carbons (Fsp3) is 0.423. The third-order valence-electron chi connectivity index (χ3n) is 2.26. The molecule has 2 radical (unpaired) electrons. The average Bonchev–Trinajstić information content (AvgIpc) is 2.85. The number of nitrogens with zero attached hydrogens (tertiary/aromatic N) is 3. The molecule has 0 aliphatic rings. The quantitative estimate of drug-likeness (QED) is 0.392. The molecule has 2 rings (SSSR count). The van der Waals surface area contributed by atoms with Gasteiger partial charge in [-0.3, -0.25) is 4.99 Å². The maximum Gasteiger partial charge on any atom is 0.0356 e. The summed E-state index contributed by atoms with van der Waals surface area (Å²) in [7, 11) is 3.25. The summed E-state index contributed by atoms with van der Waals surface area (Å²) in [5, 5.41) is 16.8. The molecule has 0 saturated heterocycles. The molecule has 0 aliphatic carbocycles. The van der Waals surface area contributed by atoms with Gasteiger partial charge in [0.1, 0.15) is 0 Å². The molecular weight excluding hydrogens is 562 g/mol. The first kappa shape index (κ1) is 49.7. The number of rotatable bonds is 3. The summed E-state index contributed by atoms with van der Waals surface area (Å²) in [5.74, 6) is 0. The van der Waals surface area contributed by atoms with Gasteiger partial charge >= 0.3 is 0 Å². The van der Waals surface area contributed by atoms with Crippen molar-refractivity contribution in [2.45, 2.75) is 48.5 Å². The summed E-state index contributed by atoms with van der Waals surface area (Å²) >= 11 is 0. The number of methoxy groups -OCH3 is 1. The minimum absolute atomic E-state index is 0. The van der Waals surface area contributed by atoms with Crippen LogP contribution in [0.4, 0.5) is 0 Å². The molecule has 7 heteroatoms. The maximum absolute atomic E-state index is 8.41. The van der Waals surface area contributed by atoms with Crippen molar-refractivity contribution in [2.24, 2.45) is 10.7 Å². The summed E-state index contributed by atoms with van der Waals surface area (Å²) in [6.07, 6.45) is 3.97. The van der Waals surface area contributed by atoms with E-state index in [-0.39, 0.29) is 65.4 Å². The van der Waals surface area contributed by atoms with Crippen LogP contribution in [0.15, 0.2) is 65.7 Å². The van der Waals surface area contributed by atoms with Crippen molar-refractivity contribution in [2.75, 3.05) is 27.3 Å². The third kappa shape index (κ3) is 59.3. The molecule has 0 heterocycles. The largest absolute Gasteiger partial charge is 0.810 e. The molecule has 0 bridgehead atoms. The van der Waals surface area contributed by atoms with Gasteiger partial charge in [0.2, 0.25) is 0 Å². The molecule has 5 nitrogen and oxygen atoms in total. The van der Waals surface area contributed by atoms with Gasteiger partial charge in [-0.25, -0.2) is 0 Å². The molecule has 0 saturated carbocycles. The van der Waals surface area contributed by atoms with E-state index in [0.29, 0.717) is 0 Å². The Hall–Kier alpha value is -0.422. The number of ether oxygens (including phenoxy) is 1. The van der Waals surface area contributed by atoms with E-state index in [9.17, 15) is 0 Å². The van der Waals surface area contributed by atoms with E-state index >= 15 is 0 Å². The van der Waals surface area contributed by atoms with Gasteiger partial charge in [-0.2, -0.15) is 12.4 Å². The van der Waals surface area contributed by atoms with Gasteiger partial charge in [-0.15, -0.1) is 0 Å². The third-order valence-corrected chi connectivity index (χ3v) is 2.26. The molecule has 184 valence electrons. The first-order valence-electron chi connectivity index (χ1n) is 10.7. The number of hydrogen-bond donors (Lipinski definition) is 1. The van der Waals surface area contributed by atoms with E-state index in [1.54, 1.807) is 20.4 Å². The van der Waals surface area contributed by atoms with Crippen LogP contribution in [-0.4, -0.2) is 46.0 Å². The molecule has 2 aromatic rings. The molecule has 33 heavy (non-hydrogen) atoms. The van der Waals surface area contributed by atoms with Crippen LogP contribution >= 0.6 is 0 Å². The summed E-state index contributed by atoms with van der Waals surface area (Å²) in [5.41, 5.74) is 6.53. The van der Waals surface area contributed by atoms with E-state index in [0.717, 1.165) is 36.6 Å². The van der Waals surface area contributed by atoms with Crippen molar-refractivity contribution < 1.29 is 70.2 Å². The minimum atomic E-state index is 0. The van der Waals surface area contributed by atoms with Gasteiger partial charge in [-0.05, 0) is 37.7 Å². The second-order valence-electron chi connectivity index (χ2n) is 4.65. The van der Waals surface area contributed by atoms with Gasteiger partial charge in [-0.1, -0.05) is 95.3 Å². The van der Waals surface area contributed by atoms with Crippen molar-refractivity contribution in [3.05, 3.63) is 82.6 Å². The zero-order valence-electron chi connectivity index (χ0n) is 22.4. The minimum Gasteiger partial charge on any atom is -0.810 e. The first-order chi connectivity index (χ1) is 15.1. The van der Waals surface area contributed by atoms with Gasteiger partial charge in [0, 0.05) is 86.2 Å². The molecule has 0 amide bonds. The summed E-state index contributed by atoms with van der Waals surface area (Å²) in [6, 6.07) is 18.7. The number of benzene rings is 2. The Kier molecular flexibility index (Phi) is 87.2. The van der Waals surface area contributed by atoms with Crippen LogP contribution in [0.25, 0.3) is 10.8 Å². The second kappa shape index (κ2) is 57.9. The Morgan fingerprint density at radius 1 is 0.758 bits per heavy atom. The van der Waals surface area contributed by atoms with Crippen LogP contribution in [-0.2, 0) is 70.2 Å². The Labute approximate surface area is 255 Å². The van der Waals surface area contributed by atoms with Crippen molar-refractivity contribution in [1.82, 2.24) is 0 Å². The normalized spacial score (nSPS) is 7.09. The summed E-state index contributed by atoms with van der Waals surface area (Å²) in [6.45, 7) is 15.5. The predicted molar refractivity (Wildman–Crippen MR) is 145 cm³/mol. The number of aliphatic imine (C=N–C) groups is 1. The van der Waals surface area contributed by atoms with Gasteiger partial charge in [0.25, 0.3) is 0 Å². The number of hydrogen-bond acceptors (Lipinski definition) is 3. The van der Waals surface area contributed by atoms with Gasteiger partial charge < -0.3 is 21.3 Å². The summed E-state index contributed by atoms with van der Waals surface area (Å²) < 4.78 is 4.25. The zero-order valence-corrected chi connectivity index (χ0v) is 28.1. The fourth-order valence-corrected chi connectivity index (χ4v) is 1.26. The summed E-state index contributed by atoms with van der Waals surface area (Å²) in [4.78, 5) is 3.85. The van der Waals surface area contributed by atoms with Crippen LogP contribution in [0.1, 0.15) is 59.6 Å². The van der Waals surface area contributed by atoms with E-state index in [1.807, 2.05) is 109 Å². The molecule has 0 spiro atoms. The van der Waals surface area contributed by atoms with Crippen molar-refractivity contribution in [3.8, 4) is 0 Å². The average molecular weight is 608 g/mol. The van der Waals surface area contributed by atoms with Crippen LogP contribution in [0, 0.1) is 0 Å². The van der Waals surface area contributed by atoms with Crippen molar-refractivity contribution in [3.63, 3.8) is 0 Å². The van der Waals surface area contributed by atoms with Crippen molar-refractivity contribution in [1.29, 1.82) is 0 Å². The Bertz CT molecular complexity index is 509. The van der Waals surface area contributed by atoms with Crippen molar-refractivity contribution >= 4 is 18.6 Å². The Morgan fingerprint density at radius 2 is 1.00 bits per heavy atom. The molecule has 0 aliphatic heterocycles. The van der Waals surface area contributed by atoms with Crippen LogP contribution < -0.4 is 5.73 Å². The molecule has 2 N–H and O–H groups in total. The van der Waals surface area contributed by atoms with E-state index in [2.05, 4.69) is 9.73 Å². The predicted octanol–water partition coefficient (Wildman–Crippen LogP) is 6.72. The Morgan fingerprint density at radius 3 is 1.09 bits per heavy atom. The van der Waals surface area contributed by atoms with Crippen LogP contribution in [0.2, 0.25) is 0 Å². The van der Waals surface area contributed by atoms with Gasteiger partial charge in [0.15, 0.2) is 0 Å². The first-order valence-corrected chi connectivity index (χ1v) is 10.7. The standard InChI is InChI=1S/2C7H6N.C4H9N.C2H7N.C2H6O.2C2H6.2Y/c2*8-6-7-4-2-1-3-5-7;1-3-5-4-2;1-2-3;1-3-2;2*1-2;;/h2*1-6H;3H,4H2,1-2H3;2-3H2,1H3;1-2H3;2*1-2H3;;/q2*-1;;;;;;;. The monoisotopic (exact) mass is 608 g/mol. The SMILES string of the molecule is CC.CC.CC=NCC.CCN.COC.[N-]=Cc1ccccc1.[N-]=Cc1ccccc1.[Y].[Y]. The maximum atomic E-state index is 8.41. The fourth-order valence-electron chi connectivity index (χ4n) is 1.26. The van der Waals surface area contributed by atoms with Crippen LogP contribution in [0.3, 0.4) is 0 Å². The second-order valence-corrected chi connectivity index (χ2v) is 4.65. The molecule has 0 unspecified atom stereocenters. The molecular formula is C26H46N4OY2-2. The molecule has 0 fully saturated rings. The topological polar surface area (TPSA) is 92.2 Å². The van der Waals surface area contributed by atoms with E-state index in [4.69, 9.17) is 16.6 Å².